The first-order valence-electron chi connectivity index (χ1n) is 8.83. The monoisotopic (exact) mass is 308 g/mol. The molecular weight excluding hydrogens is 280 g/mol. The molecule has 2 aliphatic carbocycles. The second-order valence-electron chi connectivity index (χ2n) is 6.43. The Morgan fingerprint density at radius 2 is 0.909 bits per heavy atom. The molecule has 0 N–H and O–H groups in total. The van der Waals surface area contributed by atoms with E-state index >= 15 is 0 Å². The summed E-state index contributed by atoms with van der Waals surface area (Å²) < 4.78 is 10.8. The van der Waals surface area contributed by atoms with Crippen molar-refractivity contribution in [3.05, 3.63) is 12.2 Å². The van der Waals surface area contributed by atoms with Gasteiger partial charge in [-0.15, -0.1) is 0 Å². The molecule has 0 saturated heterocycles. The standard InChI is InChI=1S/C18H28O4/c19-17(21-15-9-5-1-2-6-10-15)13-14-18(20)22-16-11-7-3-4-8-12-16/h13-16H,1-12H2. The summed E-state index contributed by atoms with van der Waals surface area (Å²) in [4.78, 5) is 23.5. The van der Waals surface area contributed by atoms with Gasteiger partial charge in [0.25, 0.3) is 0 Å². The van der Waals surface area contributed by atoms with Crippen LogP contribution < -0.4 is 0 Å². The Morgan fingerprint density at radius 1 is 0.591 bits per heavy atom. The minimum Gasteiger partial charge on any atom is -0.459 e. The Kier molecular flexibility index (Phi) is 7.47. The van der Waals surface area contributed by atoms with Crippen LogP contribution in [0.25, 0.3) is 0 Å². The third kappa shape index (κ3) is 6.63. The lowest BCUT2D eigenvalue weighted by atomic mass is 10.1. The predicted molar refractivity (Wildman–Crippen MR) is 84.3 cm³/mol. The van der Waals surface area contributed by atoms with Crippen molar-refractivity contribution in [2.45, 2.75) is 89.3 Å². The lowest BCUT2D eigenvalue weighted by Gasteiger charge is -2.14. The van der Waals surface area contributed by atoms with Gasteiger partial charge in [0.15, 0.2) is 0 Å². The van der Waals surface area contributed by atoms with E-state index in [1.165, 1.54) is 37.8 Å². The zero-order valence-electron chi connectivity index (χ0n) is 13.4. The third-order valence-corrected chi connectivity index (χ3v) is 4.53. The maximum absolute atomic E-state index is 11.8. The van der Waals surface area contributed by atoms with Gasteiger partial charge in [0.05, 0.1) is 0 Å². The van der Waals surface area contributed by atoms with Gasteiger partial charge in [-0.3, -0.25) is 0 Å². The van der Waals surface area contributed by atoms with Crippen molar-refractivity contribution in [1.29, 1.82) is 0 Å². The van der Waals surface area contributed by atoms with Gasteiger partial charge in [-0.05, 0) is 51.4 Å². The highest BCUT2D eigenvalue weighted by atomic mass is 16.5. The molecule has 0 bridgehead atoms. The van der Waals surface area contributed by atoms with E-state index < -0.39 is 11.9 Å². The van der Waals surface area contributed by atoms with Gasteiger partial charge in [0.1, 0.15) is 12.2 Å². The zero-order chi connectivity index (χ0) is 15.6. The third-order valence-electron chi connectivity index (χ3n) is 4.53. The molecule has 4 heteroatoms. The first kappa shape index (κ1) is 17.0. The molecule has 0 heterocycles. The summed E-state index contributed by atoms with van der Waals surface area (Å²) in [5, 5.41) is 0. The number of ether oxygens (including phenoxy) is 2. The normalized spacial score (nSPS) is 22.0. The number of hydrogen-bond acceptors (Lipinski definition) is 4. The molecule has 0 amide bonds. The molecule has 0 aromatic heterocycles. The molecule has 2 saturated carbocycles. The largest absolute Gasteiger partial charge is 0.459 e. The van der Waals surface area contributed by atoms with E-state index in [0.717, 1.165) is 51.4 Å². The van der Waals surface area contributed by atoms with Crippen LogP contribution in [-0.4, -0.2) is 24.1 Å². The fourth-order valence-electron chi connectivity index (χ4n) is 3.26. The highest BCUT2D eigenvalue weighted by Crippen LogP contribution is 2.21. The molecule has 22 heavy (non-hydrogen) atoms. The molecule has 0 radical (unpaired) electrons. The Balaban J connectivity index is 1.70. The van der Waals surface area contributed by atoms with Crippen molar-refractivity contribution in [2.75, 3.05) is 0 Å². The fourth-order valence-corrected chi connectivity index (χ4v) is 3.26. The summed E-state index contributed by atoms with van der Waals surface area (Å²) in [6, 6.07) is 0. The molecule has 0 atom stereocenters. The van der Waals surface area contributed by atoms with Gasteiger partial charge in [-0.25, -0.2) is 9.59 Å². The van der Waals surface area contributed by atoms with E-state index in [2.05, 4.69) is 0 Å². The van der Waals surface area contributed by atoms with E-state index in [1.807, 2.05) is 0 Å². The Hall–Kier alpha value is -1.32. The molecule has 0 aromatic carbocycles. The lowest BCUT2D eigenvalue weighted by molar-refractivity contribution is -0.146. The lowest BCUT2D eigenvalue weighted by Crippen LogP contribution is -2.18. The molecule has 0 spiro atoms. The second-order valence-corrected chi connectivity index (χ2v) is 6.43. The SMILES string of the molecule is O=C(C=CC(=O)OC1CCCCCC1)OC1CCCCCC1. The van der Waals surface area contributed by atoms with Crippen LogP contribution in [0.2, 0.25) is 0 Å². The van der Waals surface area contributed by atoms with Gasteiger partial charge in [-0.2, -0.15) is 0 Å². The average Bonchev–Trinajstić information content (AvgIpc) is 2.90. The van der Waals surface area contributed by atoms with E-state index in [1.54, 1.807) is 0 Å². The predicted octanol–water partition coefficient (Wildman–Crippen LogP) is 4.07. The minimum absolute atomic E-state index is 0.0116. The molecule has 4 nitrogen and oxygen atoms in total. The Labute approximate surface area is 133 Å². The van der Waals surface area contributed by atoms with Crippen LogP contribution >= 0.6 is 0 Å². The van der Waals surface area contributed by atoms with Gasteiger partial charge < -0.3 is 9.47 Å². The van der Waals surface area contributed by atoms with Crippen molar-refractivity contribution in [3.63, 3.8) is 0 Å². The second kappa shape index (κ2) is 9.65. The molecule has 124 valence electrons. The highest BCUT2D eigenvalue weighted by molar-refractivity contribution is 5.91. The van der Waals surface area contributed by atoms with Crippen molar-refractivity contribution in [2.24, 2.45) is 0 Å². The molecule has 2 fully saturated rings. The number of carbonyl (C=O) groups is 2. The van der Waals surface area contributed by atoms with E-state index in [9.17, 15) is 9.59 Å². The van der Waals surface area contributed by atoms with Crippen LogP contribution in [0, 0.1) is 0 Å². The van der Waals surface area contributed by atoms with Crippen molar-refractivity contribution in [3.8, 4) is 0 Å². The van der Waals surface area contributed by atoms with Crippen LogP contribution in [0.15, 0.2) is 12.2 Å². The van der Waals surface area contributed by atoms with Crippen LogP contribution in [0.3, 0.4) is 0 Å². The van der Waals surface area contributed by atoms with Crippen molar-refractivity contribution in [1.82, 2.24) is 0 Å². The molecular formula is C18H28O4. The maximum Gasteiger partial charge on any atom is 0.331 e. The molecule has 0 aromatic rings. The Morgan fingerprint density at radius 3 is 1.23 bits per heavy atom. The number of carbonyl (C=O) groups excluding carboxylic acids is 2. The van der Waals surface area contributed by atoms with Crippen LogP contribution in [0.4, 0.5) is 0 Å². The summed E-state index contributed by atoms with van der Waals surface area (Å²) in [7, 11) is 0. The first-order valence-corrected chi connectivity index (χ1v) is 8.83. The van der Waals surface area contributed by atoms with E-state index in [-0.39, 0.29) is 12.2 Å². The van der Waals surface area contributed by atoms with Gasteiger partial charge in [-0.1, -0.05) is 25.7 Å². The first-order chi connectivity index (χ1) is 10.7. The quantitative estimate of drug-likeness (QED) is 0.446. The summed E-state index contributed by atoms with van der Waals surface area (Å²) in [6.07, 6.45) is 15.5. The van der Waals surface area contributed by atoms with Crippen LogP contribution in [-0.2, 0) is 19.1 Å². The fraction of sp³-hybridized carbons (Fsp3) is 0.778. The smallest absolute Gasteiger partial charge is 0.331 e. The molecule has 2 rings (SSSR count). The van der Waals surface area contributed by atoms with E-state index in [4.69, 9.17) is 9.47 Å². The number of hydrogen-bond donors (Lipinski definition) is 0. The molecule has 2 aliphatic rings. The maximum atomic E-state index is 11.8. The molecule has 0 unspecified atom stereocenters. The Bertz CT molecular complexity index is 337. The summed E-state index contributed by atoms with van der Waals surface area (Å²) in [6.45, 7) is 0. The number of esters is 2. The van der Waals surface area contributed by atoms with Gasteiger partial charge in [0, 0.05) is 12.2 Å². The summed E-state index contributed by atoms with van der Waals surface area (Å²) >= 11 is 0. The number of rotatable bonds is 4. The summed E-state index contributed by atoms with van der Waals surface area (Å²) in [5.74, 6) is -0.852. The van der Waals surface area contributed by atoms with E-state index in [0.29, 0.717) is 0 Å². The average molecular weight is 308 g/mol. The zero-order valence-corrected chi connectivity index (χ0v) is 13.4. The van der Waals surface area contributed by atoms with Gasteiger partial charge in [0.2, 0.25) is 0 Å². The van der Waals surface area contributed by atoms with Crippen LogP contribution in [0.1, 0.15) is 77.0 Å². The van der Waals surface area contributed by atoms with Crippen LogP contribution in [0.5, 0.6) is 0 Å². The van der Waals surface area contributed by atoms with Crippen molar-refractivity contribution < 1.29 is 19.1 Å². The summed E-state index contributed by atoms with van der Waals surface area (Å²) in [5.41, 5.74) is 0. The highest BCUT2D eigenvalue weighted by Gasteiger charge is 2.17. The minimum atomic E-state index is -0.426. The molecule has 0 aliphatic heterocycles. The van der Waals surface area contributed by atoms with Crippen molar-refractivity contribution >= 4 is 11.9 Å². The topological polar surface area (TPSA) is 52.6 Å². The van der Waals surface area contributed by atoms with Gasteiger partial charge >= 0.3 is 11.9 Å².